The highest BCUT2D eigenvalue weighted by Gasteiger charge is 2.40. The van der Waals surface area contributed by atoms with Crippen molar-refractivity contribution in [3.8, 4) is 0 Å². The molecule has 1 aliphatic rings. The van der Waals surface area contributed by atoms with Gasteiger partial charge >= 0.3 is 0 Å². The van der Waals surface area contributed by atoms with Crippen molar-refractivity contribution in [2.75, 3.05) is 20.6 Å². The first-order chi connectivity index (χ1) is 10.0. The van der Waals surface area contributed by atoms with Crippen LogP contribution in [0.1, 0.15) is 38.4 Å². The molecule has 0 spiro atoms. The van der Waals surface area contributed by atoms with Gasteiger partial charge in [-0.05, 0) is 46.0 Å². The van der Waals surface area contributed by atoms with Gasteiger partial charge in [-0.1, -0.05) is 37.3 Å². The van der Waals surface area contributed by atoms with Crippen LogP contribution in [0.15, 0.2) is 30.3 Å². The molecule has 3 unspecified atom stereocenters. The van der Waals surface area contributed by atoms with Gasteiger partial charge in [-0.2, -0.15) is 0 Å². The van der Waals surface area contributed by atoms with E-state index in [0.717, 1.165) is 19.4 Å². The highest BCUT2D eigenvalue weighted by molar-refractivity contribution is 5.84. The molecule has 1 heterocycles. The van der Waals surface area contributed by atoms with Gasteiger partial charge in [0.2, 0.25) is 5.91 Å². The van der Waals surface area contributed by atoms with Crippen LogP contribution in [0.4, 0.5) is 0 Å². The minimum atomic E-state index is -0.0583. The monoisotopic (exact) mass is 289 g/mol. The molecule has 1 aromatic carbocycles. The summed E-state index contributed by atoms with van der Waals surface area (Å²) in [6, 6.07) is 10.4. The molecule has 0 aliphatic carbocycles. The van der Waals surface area contributed by atoms with Gasteiger partial charge < -0.3 is 9.80 Å². The summed E-state index contributed by atoms with van der Waals surface area (Å²) in [4.78, 5) is 16.9. The van der Waals surface area contributed by atoms with E-state index in [1.54, 1.807) is 0 Å². The summed E-state index contributed by atoms with van der Waals surface area (Å²) in [7, 11) is 4.14. The van der Waals surface area contributed by atoms with Gasteiger partial charge in [-0.3, -0.25) is 10.1 Å². The summed E-state index contributed by atoms with van der Waals surface area (Å²) in [5.41, 5.74) is 1.17. The highest BCUT2D eigenvalue weighted by Crippen LogP contribution is 2.29. The number of benzene rings is 1. The Balaban J connectivity index is 2.19. The number of rotatable bonds is 6. The van der Waals surface area contributed by atoms with Crippen molar-refractivity contribution in [2.45, 2.75) is 44.9 Å². The number of nitrogens with zero attached hydrogens (tertiary/aromatic N) is 2. The summed E-state index contributed by atoms with van der Waals surface area (Å²) < 4.78 is 0. The smallest absolute Gasteiger partial charge is 0.241 e. The lowest BCUT2D eigenvalue weighted by Gasteiger charge is -2.31. The minimum Gasteiger partial charge on any atom is -0.319 e. The fourth-order valence-electron chi connectivity index (χ4n) is 2.89. The second kappa shape index (κ2) is 7.05. The molecular formula is C17H27N3O. The summed E-state index contributed by atoms with van der Waals surface area (Å²) >= 11 is 0. The topological polar surface area (TPSA) is 35.6 Å². The SMILES string of the molecule is CCC1NC(c2ccccc2)N(C(C)CCN(C)C)C1=O. The Morgan fingerprint density at radius 3 is 2.52 bits per heavy atom. The standard InChI is InChI=1S/C17H27N3O/c1-5-15-17(21)20(13(2)11-12-19(3)4)16(18-15)14-9-7-6-8-10-14/h6-10,13,15-16,18H,5,11-12H2,1-4H3. The quantitative estimate of drug-likeness (QED) is 0.872. The van der Waals surface area contributed by atoms with E-state index >= 15 is 0 Å². The van der Waals surface area contributed by atoms with Crippen LogP contribution in [0.2, 0.25) is 0 Å². The van der Waals surface area contributed by atoms with Crippen molar-refractivity contribution in [3.05, 3.63) is 35.9 Å². The maximum absolute atomic E-state index is 12.7. The van der Waals surface area contributed by atoms with Gasteiger partial charge in [-0.15, -0.1) is 0 Å². The first kappa shape index (κ1) is 16.0. The van der Waals surface area contributed by atoms with E-state index in [1.165, 1.54) is 5.56 Å². The van der Waals surface area contributed by atoms with Crippen LogP contribution in [-0.4, -0.2) is 48.4 Å². The molecule has 2 rings (SSSR count). The highest BCUT2D eigenvalue weighted by atomic mass is 16.2. The molecule has 1 aliphatic heterocycles. The Kier molecular flexibility index (Phi) is 5.37. The molecule has 3 atom stereocenters. The average molecular weight is 289 g/mol. The van der Waals surface area contributed by atoms with E-state index < -0.39 is 0 Å². The van der Waals surface area contributed by atoms with Gasteiger partial charge in [0.05, 0.1) is 6.04 Å². The zero-order valence-corrected chi connectivity index (χ0v) is 13.5. The van der Waals surface area contributed by atoms with Crippen LogP contribution in [-0.2, 0) is 4.79 Å². The van der Waals surface area contributed by atoms with Crippen LogP contribution in [0.3, 0.4) is 0 Å². The van der Waals surface area contributed by atoms with Crippen LogP contribution < -0.4 is 5.32 Å². The number of carbonyl (C=O) groups excluding carboxylic acids is 1. The first-order valence-electron chi connectivity index (χ1n) is 7.82. The Morgan fingerprint density at radius 2 is 1.95 bits per heavy atom. The molecular weight excluding hydrogens is 262 g/mol. The van der Waals surface area contributed by atoms with E-state index in [0.29, 0.717) is 0 Å². The minimum absolute atomic E-state index is 0.000752. The largest absolute Gasteiger partial charge is 0.319 e. The van der Waals surface area contributed by atoms with E-state index in [-0.39, 0.29) is 24.2 Å². The van der Waals surface area contributed by atoms with Crippen molar-refractivity contribution in [2.24, 2.45) is 0 Å². The molecule has 116 valence electrons. The van der Waals surface area contributed by atoms with E-state index in [4.69, 9.17) is 0 Å². The first-order valence-corrected chi connectivity index (χ1v) is 7.82. The second-order valence-electron chi connectivity index (χ2n) is 6.13. The molecule has 1 saturated heterocycles. The van der Waals surface area contributed by atoms with Crippen molar-refractivity contribution < 1.29 is 4.79 Å². The maximum atomic E-state index is 12.7. The molecule has 21 heavy (non-hydrogen) atoms. The molecule has 1 aromatic rings. The third kappa shape index (κ3) is 3.63. The molecule has 0 radical (unpaired) electrons. The number of hydrogen-bond donors (Lipinski definition) is 1. The number of amides is 1. The van der Waals surface area contributed by atoms with Gasteiger partial charge in [0.15, 0.2) is 0 Å². The third-order valence-corrected chi connectivity index (χ3v) is 4.18. The predicted octanol–water partition coefficient (Wildman–Crippen LogP) is 2.24. The molecule has 1 amide bonds. The summed E-state index contributed by atoms with van der Waals surface area (Å²) in [5.74, 6) is 0.234. The van der Waals surface area contributed by atoms with Gasteiger partial charge in [0.1, 0.15) is 6.17 Å². The van der Waals surface area contributed by atoms with E-state index in [1.807, 2.05) is 23.1 Å². The summed E-state index contributed by atoms with van der Waals surface area (Å²) in [6.45, 7) is 5.20. The van der Waals surface area contributed by atoms with Gasteiger partial charge in [0.25, 0.3) is 0 Å². The summed E-state index contributed by atoms with van der Waals surface area (Å²) in [5, 5.41) is 3.49. The van der Waals surface area contributed by atoms with E-state index in [2.05, 4.69) is 50.3 Å². The zero-order valence-electron chi connectivity index (χ0n) is 13.5. The van der Waals surface area contributed by atoms with Crippen molar-refractivity contribution in [1.82, 2.24) is 15.1 Å². The molecule has 1 fully saturated rings. The lowest BCUT2D eigenvalue weighted by atomic mass is 10.1. The van der Waals surface area contributed by atoms with Crippen LogP contribution in [0, 0.1) is 0 Å². The third-order valence-electron chi connectivity index (χ3n) is 4.18. The molecule has 0 aromatic heterocycles. The number of carbonyl (C=O) groups is 1. The normalized spacial score (nSPS) is 23.9. The second-order valence-corrected chi connectivity index (χ2v) is 6.13. The van der Waals surface area contributed by atoms with Crippen LogP contribution in [0.5, 0.6) is 0 Å². The maximum Gasteiger partial charge on any atom is 0.241 e. The molecule has 0 saturated carbocycles. The molecule has 4 heteroatoms. The van der Waals surface area contributed by atoms with Crippen LogP contribution in [0.25, 0.3) is 0 Å². The van der Waals surface area contributed by atoms with Crippen molar-refractivity contribution in [3.63, 3.8) is 0 Å². The van der Waals surface area contributed by atoms with E-state index in [9.17, 15) is 4.79 Å². The Bertz CT molecular complexity index is 460. The Morgan fingerprint density at radius 1 is 1.29 bits per heavy atom. The average Bonchev–Trinajstić information content (AvgIpc) is 2.82. The lowest BCUT2D eigenvalue weighted by Crippen LogP contribution is -2.40. The molecule has 0 bridgehead atoms. The lowest BCUT2D eigenvalue weighted by molar-refractivity contribution is -0.132. The fourth-order valence-corrected chi connectivity index (χ4v) is 2.89. The number of nitrogens with one attached hydrogen (secondary N) is 1. The van der Waals surface area contributed by atoms with Crippen molar-refractivity contribution >= 4 is 5.91 Å². The molecule has 1 N–H and O–H groups in total. The Labute approximate surface area is 128 Å². The fraction of sp³-hybridized carbons (Fsp3) is 0.588. The van der Waals surface area contributed by atoms with Gasteiger partial charge in [-0.25, -0.2) is 0 Å². The number of hydrogen-bond acceptors (Lipinski definition) is 3. The zero-order chi connectivity index (χ0) is 15.4. The van der Waals surface area contributed by atoms with Crippen LogP contribution >= 0.6 is 0 Å². The van der Waals surface area contributed by atoms with Gasteiger partial charge in [0, 0.05) is 6.04 Å². The summed E-state index contributed by atoms with van der Waals surface area (Å²) in [6.07, 6.45) is 1.82. The Hall–Kier alpha value is -1.39. The predicted molar refractivity (Wildman–Crippen MR) is 85.9 cm³/mol. The van der Waals surface area contributed by atoms with Crippen molar-refractivity contribution in [1.29, 1.82) is 0 Å². The molecule has 4 nitrogen and oxygen atoms in total.